The summed E-state index contributed by atoms with van der Waals surface area (Å²) in [7, 11) is 0. The van der Waals surface area contributed by atoms with Crippen LogP contribution in [0.2, 0.25) is 0 Å². The fourth-order valence-electron chi connectivity index (χ4n) is 1.33. The summed E-state index contributed by atoms with van der Waals surface area (Å²) < 4.78 is 2.91. The number of thiophene rings is 1. The molecule has 0 saturated carbocycles. The van der Waals surface area contributed by atoms with Gasteiger partial charge >= 0.3 is 0 Å². The second-order valence-electron chi connectivity index (χ2n) is 2.69. The van der Waals surface area contributed by atoms with Crippen LogP contribution in [-0.4, -0.2) is 10.4 Å². The van der Waals surface area contributed by atoms with Crippen LogP contribution in [0.4, 0.5) is 5.00 Å². The lowest BCUT2D eigenvalue weighted by atomic mass is 10.2. The average Bonchev–Trinajstić information content (AvgIpc) is 2.55. The molecule has 0 radical (unpaired) electrons. The highest BCUT2D eigenvalue weighted by Crippen LogP contribution is 2.36. The normalized spacial score (nSPS) is 11.2. The summed E-state index contributed by atoms with van der Waals surface area (Å²) >= 11 is 3.71. The number of hydrogen-bond acceptors (Lipinski definition) is 3. The smallest absolute Gasteiger partial charge is 0.126 e. The second kappa shape index (κ2) is 4.18. The Kier molecular flexibility index (Phi) is 2.93. The quantitative estimate of drug-likeness (QED) is 0.643. The Morgan fingerprint density at radius 2 is 2.14 bits per heavy atom. The summed E-state index contributed by atoms with van der Waals surface area (Å²) in [4.78, 5) is 4.24. The van der Waals surface area contributed by atoms with Crippen molar-refractivity contribution in [2.24, 2.45) is 4.99 Å². The third-order valence-corrected chi connectivity index (χ3v) is 3.30. The highest BCUT2D eigenvalue weighted by atomic mass is 127. The number of nitrogens with zero attached hydrogens (tertiary/aromatic N) is 1. The van der Waals surface area contributed by atoms with Crippen molar-refractivity contribution in [1.82, 2.24) is 0 Å². The summed E-state index contributed by atoms with van der Waals surface area (Å²) in [6.45, 7) is 0. The Morgan fingerprint density at radius 3 is 2.86 bits per heavy atom. The van der Waals surface area contributed by atoms with E-state index in [1.165, 1.54) is 10.9 Å². The first-order valence-electron chi connectivity index (χ1n) is 4.01. The van der Waals surface area contributed by atoms with Crippen molar-refractivity contribution in [3.63, 3.8) is 0 Å². The van der Waals surface area contributed by atoms with Gasteiger partial charge in [-0.25, -0.2) is 4.99 Å². The van der Waals surface area contributed by atoms with E-state index in [-0.39, 0.29) is 0 Å². The maximum absolute atomic E-state index is 7.37. The van der Waals surface area contributed by atoms with E-state index in [1.54, 1.807) is 15.6 Å². The van der Waals surface area contributed by atoms with E-state index in [9.17, 15) is 0 Å². The van der Waals surface area contributed by atoms with Crippen LogP contribution in [0.5, 0.6) is 0 Å². The van der Waals surface area contributed by atoms with Gasteiger partial charge in [0.2, 0.25) is 0 Å². The lowest BCUT2D eigenvalue weighted by molar-refractivity contribution is 1.55. The number of rotatable bonds is 2. The predicted molar refractivity (Wildman–Crippen MR) is 71.9 cm³/mol. The van der Waals surface area contributed by atoms with Gasteiger partial charge in [0.05, 0.1) is 4.22 Å². The van der Waals surface area contributed by atoms with Crippen LogP contribution in [0.3, 0.4) is 0 Å². The molecule has 0 fully saturated rings. The van der Waals surface area contributed by atoms with Gasteiger partial charge in [0.15, 0.2) is 0 Å². The van der Waals surface area contributed by atoms with Gasteiger partial charge in [0.25, 0.3) is 0 Å². The van der Waals surface area contributed by atoms with E-state index in [4.69, 9.17) is 5.41 Å². The van der Waals surface area contributed by atoms with Crippen LogP contribution in [0.1, 0.15) is 5.56 Å². The predicted octanol–water partition coefficient (Wildman–Crippen LogP) is 3.99. The molecule has 0 saturated heterocycles. The fourth-order valence-corrected chi connectivity index (χ4v) is 2.83. The second-order valence-corrected chi connectivity index (χ2v) is 4.28. The molecule has 14 heavy (non-hydrogen) atoms. The van der Waals surface area contributed by atoms with E-state index in [0.29, 0.717) is 0 Å². The van der Waals surface area contributed by atoms with E-state index in [1.807, 2.05) is 18.2 Å². The lowest BCUT2D eigenvalue weighted by Gasteiger charge is -1.89. The SMILES string of the molecule is N=Cc1c(/N=C\I)sc2ccccc12. The number of aliphatic imine (C=N–C) groups is 1. The Bertz CT molecular complexity index is 502. The van der Waals surface area contributed by atoms with Crippen molar-refractivity contribution in [3.8, 4) is 0 Å². The summed E-state index contributed by atoms with van der Waals surface area (Å²) in [6.07, 6.45) is 1.37. The van der Waals surface area contributed by atoms with Crippen LogP contribution in [-0.2, 0) is 0 Å². The van der Waals surface area contributed by atoms with Crippen LogP contribution >= 0.6 is 33.9 Å². The van der Waals surface area contributed by atoms with Crippen molar-refractivity contribution in [3.05, 3.63) is 29.8 Å². The molecular weight excluding hydrogens is 307 g/mol. The van der Waals surface area contributed by atoms with Crippen LogP contribution in [0.25, 0.3) is 10.1 Å². The van der Waals surface area contributed by atoms with Gasteiger partial charge in [-0.1, -0.05) is 18.2 Å². The number of hydrogen-bond donors (Lipinski definition) is 1. The summed E-state index contributed by atoms with van der Waals surface area (Å²) in [5.41, 5.74) is 0.915. The van der Waals surface area contributed by atoms with E-state index < -0.39 is 0 Å². The molecule has 0 aliphatic rings. The monoisotopic (exact) mass is 314 g/mol. The minimum absolute atomic E-state index is 0.913. The topological polar surface area (TPSA) is 36.2 Å². The van der Waals surface area contributed by atoms with Crippen molar-refractivity contribution in [2.75, 3.05) is 0 Å². The molecule has 1 aromatic heterocycles. The fraction of sp³-hybridized carbons (Fsp3) is 0. The Hall–Kier alpha value is -0.750. The molecule has 0 bridgehead atoms. The first kappa shape index (κ1) is 9.79. The van der Waals surface area contributed by atoms with Gasteiger partial charge in [0, 0.05) is 21.9 Å². The van der Waals surface area contributed by atoms with E-state index >= 15 is 0 Å². The molecule has 0 aliphatic heterocycles. The molecular formula is C10H7IN2S. The van der Waals surface area contributed by atoms with Crippen molar-refractivity contribution in [1.29, 1.82) is 5.41 Å². The van der Waals surface area contributed by atoms with Gasteiger partial charge in [-0.3, -0.25) is 0 Å². The van der Waals surface area contributed by atoms with Crippen LogP contribution in [0.15, 0.2) is 29.3 Å². The molecule has 1 aromatic carbocycles. The zero-order valence-electron chi connectivity index (χ0n) is 7.20. The zero-order chi connectivity index (χ0) is 9.97. The molecule has 0 spiro atoms. The standard InChI is InChI=1S/C10H7IN2S/c11-6-13-10-8(5-12)7-3-1-2-4-9(7)14-10/h1-6,12H/b12-5?,13-6-. The summed E-state index contributed by atoms with van der Waals surface area (Å²) in [5, 5.41) is 9.39. The van der Waals surface area contributed by atoms with Crippen LogP contribution in [0, 0.1) is 5.41 Å². The van der Waals surface area contributed by atoms with Crippen molar-refractivity contribution in [2.45, 2.75) is 0 Å². The average molecular weight is 314 g/mol. The minimum atomic E-state index is 0.913. The van der Waals surface area contributed by atoms with Gasteiger partial charge in [-0.05, 0) is 28.7 Å². The Morgan fingerprint density at radius 1 is 1.36 bits per heavy atom. The first-order chi connectivity index (χ1) is 6.86. The third-order valence-electron chi connectivity index (χ3n) is 1.92. The first-order valence-corrected chi connectivity index (χ1v) is 6.08. The molecule has 2 aromatic rings. The molecule has 0 atom stereocenters. The van der Waals surface area contributed by atoms with Crippen LogP contribution < -0.4 is 0 Å². The molecule has 0 unspecified atom stereocenters. The third kappa shape index (κ3) is 1.59. The lowest BCUT2D eigenvalue weighted by Crippen LogP contribution is -1.75. The Labute approximate surface area is 99.3 Å². The highest BCUT2D eigenvalue weighted by Gasteiger charge is 2.07. The van der Waals surface area contributed by atoms with Crippen molar-refractivity contribution >= 4 is 59.5 Å². The number of benzene rings is 1. The van der Waals surface area contributed by atoms with Crippen molar-refractivity contribution < 1.29 is 0 Å². The summed E-state index contributed by atoms with van der Waals surface area (Å²) in [6, 6.07) is 8.07. The molecule has 0 aliphatic carbocycles. The largest absolute Gasteiger partial charge is 0.308 e. The zero-order valence-corrected chi connectivity index (χ0v) is 10.2. The Balaban J connectivity index is 2.78. The maximum Gasteiger partial charge on any atom is 0.126 e. The molecule has 4 heteroatoms. The molecule has 2 rings (SSSR count). The van der Waals surface area contributed by atoms with Gasteiger partial charge in [-0.15, -0.1) is 11.3 Å². The maximum atomic E-state index is 7.37. The number of nitrogens with one attached hydrogen (secondary N) is 1. The van der Waals surface area contributed by atoms with Gasteiger partial charge in [0.1, 0.15) is 5.00 Å². The highest BCUT2D eigenvalue weighted by molar-refractivity contribution is 14.1. The minimum Gasteiger partial charge on any atom is -0.308 e. The summed E-state index contributed by atoms with van der Waals surface area (Å²) in [5.74, 6) is 0. The van der Waals surface area contributed by atoms with E-state index in [0.717, 1.165) is 16.0 Å². The molecule has 70 valence electrons. The van der Waals surface area contributed by atoms with Gasteiger partial charge < -0.3 is 5.41 Å². The molecule has 0 amide bonds. The molecule has 1 N–H and O–H groups in total. The molecule has 1 heterocycles. The number of fused-ring (bicyclic) bond motifs is 1. The number of halogens is 1. The van der Waals surface area contributed by atoms with Gasteiger partial charge in [-0.2, -0.15) is 0 Å². The van der Waals surface area contributed by atoms with E-state index in [2.05, 4.69) is 33.6 Å². The molecule has 2 nitrogen and oxygen atoms in total.